The third-order valence-corrected chi connectivity index (χ3v) is 32.1. The first-order chi connectivity index (χ1) is 28.8. The first kappa shape index (κ1) is 35.7. The van der Waals surface area contributed by atoms with Gasteiger partial charge in [-0.15, -0.1) is 0 Å². The van der Waals surface area contributed by atoms with Gasteiger partial charge < -0.3 is 0 Å². The van der Waals surface area contributed by atoms with Crippen molar-refractivity contribution in [2.24, 2.45) is 0 Å². The molecule has 0 aliphatic carbocycles. The number of anilines is 3. The van der Waals surface area contributed by atoms with E-state index in [1.54, 1.807) is 0 Å². The molecule has 0 atom stereocenters. The number of ether oxygens (including phenoxy) is 2. The molecular formula is C49H28BiCl4NO4. The van der Waals surface area contributed by atoms with Crippen molar-refractivity contribution >= 4 is 92.9 Å². The second kappa shape index (κ2) is 12.7. The summed E-state index contributed by atoms with van der Waals surface area (Å²) in [6.45, 7) is 2.08. The molecule has 0 radical (unpaired) electrons. The van der Waals surface area contributed by atoms with Gasteiger partial charge in [0.2, 0.25) is 0 Å². The summed E-state index contributed by atoms with van der Waals surface area (Å²) in [4.78, 5) is 2.26. The molecule has 0 bridgehead atoms. The SMILES string of the molecule is Cc1ccc(N2c3ccc(-c4ccccc4)c4[c]3[Bi]35([O]c6c(Cl)c(Cl)c(Cl)c(Cl)c6[O]3)[c]3c(cc(-c6ccccc6)cc3Oc3c(-c6ccccc6)ccc2[c]35)O4)cc1. The maximum atomic E-state index is 7.93. The predicted octanol–water partition coefficient (Wildman–Crippen LogP) is 13.5. The van der Waals surface area contributed by atoms with Gasteiger partial charge in [-0.1, -0.05) is 0 Å². The Morgan fingerprint density at radius 2 is 0.864 bits per heavy atom. The Labute approximate surface area is 362 Å². The molecule has 0 fully saturated rings. The van der Waals surface area contributed by atoms with Gasteiger partial charge in [0.15, 0.2) is 0 Å². The van der Waals surface area contributed by atoms with Gasteiger partial charge in [-0.25, -0.2) is 0 Å². The summed E-state index contributed by atoms with van der Waals surface area (Å²) < 4.78 is 32.9. The Morgan fingerprint density at radius 1 is 0.424 bits per heavy atom. The van der Waals surface area contributed by atoms with Crippen LogP contribution in [0.4, 0.5) is 17.1 Å². The summed E-state index contributed by atoms with van der Waals surface area (Å²) in [5, 5.41) is 0.385. The Bertz CT molecular complexity index is 2960. The van der Waals surface area contributed by atoms with Gasteiger partial charge in [-0.05, 0) is 0 Å². The zero-order chi connectivity index (χ0) is 39.8. The van der Waals surface area contributed by atoms with Crippen LogP contribution in [-0.4, -0.2) is 19.7 Å². The standard InChI is InChI=1S/C43H28NO2.C6H2Cl4O2.Bi/c1-30-17-19-35(20-18-30)44-36-21-23-40(32-13-7-3-8-14-32)42(27-36)45-38-25-34(31-11-5-2-6-12-31)26-39(29-38)46-43-28-37(44)22-24-41(43)33-15-9-4-10-16-33;7-1-2(8)4(10)6(12)5(11)3(1)9;/h2-26H,1H3;11-12H;/q;;+2/p-2. The molecule has 0 saturated carbocycles. The number of aryl methyl sites for hydroxylation is 1. The number of nitrogens with zero attached hydrogens (tertiary/aromatic N) is 1. The van der Waals surface area contributed by atoms with E-state index >= 15 is 0 Å². The van der Waals surface area contributed by atoms with Crippen molar-refractivity contribution in [2.45, 2.75) is 6.92 Å². The third kappa shape index (κ3) is 4.67. The van der Waals surface area contributed by atoms with Gasteiger partial charge in [-0.3, -0.25) is 0 Å². The molecule has 0 saturated heterocycles. The maximum absolute atomic E-state index is 7.93. The monoisotopic (exact) mass is 1040 g/mol. The van der Waals surface area contributed by atoms with Crippen molar-refractivity contribution in [1.29, 1.82) is 0 Å². The van der Waals surface area contributed by atoms with Gasteiger partial charge in [0.1, 0.15) is 0 Å². The third-order valence-electron chi connectivity index (χ3n) is 11.7. The minimum absolute atomic E-state index is 0.0791. The quantitative estimate of drug-likeness (QED) is 0.0998. The van der Waals surface area contributed by atoms with Crippen LogP contribution < -0.4 is 29.8 Å². The van der Waals surface area contributed by atoms with Crippen LogP contribution in [0.1, 0.15) is 5.56 Å². The van der Waals surface area contributed by atoms with Crippen LogP contribution in [0.2, 0.25) is 20.1 Å². The molecule has 286 valence electrons. The zero-order valence-electron chi connectivity index (χ0n) is 31.0. The van der Waals surface area contributed by atoms with Crippen LogP contribution in [0.3, 0.4) is 0 Å². The molecule has 8 aromatic carbocycles. The Balaban J connectivity index is 1.32. The van der Waals surface area contributed by atoms with E-state index in [0.29, 0.717) is 26.3 Å². The average Bonchev–Trinajstić information content (AvgIpc) is 3.62. The van der Waals surface area contributed by atoms with E-state index in [4.69, 9.17) is 61.5 Å². The summed E-state index contributed by atoms with van der Waals surface area (Å²) in [6.07, 6.45) is 0. The van der Waals surface area contributed by atoms with Gasteiger partial charge in [0.25, 0.3) is 0 Å². The fourth-order valence-electron chi connectivity index (χ4n) is 9.15. The van der Waals surface area contributed by atoms with E-state index in [2.05, 4.69) is 109 Å². The van der Waals surface area contributed by atoms with Gasteiger partial charge in [0, 0.05) is 0 Å². The topological polar surface area (TPSA) is 40.2 Å². The molecule has 0 aromatic heterocycles. The van der Waals surface area contributed by atoms with Crippen molar-refractivity contribution in [3.63, 3.8) is 0 Å². The van der Waals surface area contributed by atoms with Gasteiger partial charge in [-0.2, -0.15) is 0 Å². The van der Waals surface area contributed by atoms with Crippen LogP contribution in [0.15, 0.2) is 152 Å². The Morgan fingerprint density at radius 3 is 1.32 bits per heavy atom. The first-order valence-electron chi connectivity index (χ1n) is 19.0. The van der Waals surface area contributed by atoms with Crippen LogP contribution in [0, 0.1) is 6.92 Å². The molecule has 0 unspecified atom stereocenters. The van der Waals surface area contributed by atoms with Crippen LogP contribution in [0.5, 0.6) is 34.5 Å². The molecule has 12 rings (SSSR count). The van der Waals surface area contributed by atoms with Crippen molar-refractivity contribution in [3.8, 4) is 67.9 Å². The Kier molecular flexibility index (Phi) is 7.66. The summed E-state index contributed by atoms with van der Waals surface area (Å²) in [7, 11) is 0. The number of fused-ring (bicyclic) bond motifs is 1. The molecule has 4 heterocycles. The molecular weight excluding hydrogens is 1020 g/mol. The van der Waals surface area contributed by atoms with Crippen molar-refractivity contribution in [2.75, 3.05) is 4.90 Å². The summed E-state index contributed by atoms with van der Waals surface area (Å²) in [5.74, 6) is 2.81. The van der Waals surface area contributed by atoms with Crippen molar-refractivity contribution in [3.05, 3.63) is 177 Å². The van der Waals surface area contributed by atoms with Crippen LogP contribution >= 0.6 is 46.4 Å². The molecule has 4 aliphatic heterocycles. The second-order valence-corrected chi connectivity index (χ2v) is 30.6. The van der Waals surface area contributed by atoms with E-state index in [1.807, 2.05) is 54.6 Å². The number of rotatable bonds is 4. The predicted molar refractivity (Wildman–Crippen MR) is 241 cm³/mol. The van der Waals surface area contributed by atoms with E-state index < -0.39 is 19.7 Å². The summed E-state index contributed by atoms with van der Waals surface area (Å²) in [6, 6.07) is 51.7. The van der Waals surface area contributed by atoms with Crippen molar-refractivity contribution < 1.29 is 15.1 Å². The molecule has 0 amide bonds. The fourth-order valence-corrected chi connectivity index (χ4v) is 32.2. The minimum atomic E-state index is -6.51. The van der Waals surface area contributed by atoms with E-state index in [0.717, 1.165) is 62.5 Å². The van der Waals surface area contributed by atoms with Gasteiger partial charge >= 0.3 is 365 Å². The van der Waals surface area contributed by atoms with Gasteiger partial charge in [0.05, 0.1) is 0 Å². The molecule has 1 spiro atoms. The number of halogens is 4. The van der Waals surface area contributed by atoms with Crippen LogP contribution in [0.25, 0.3) is 33.4 Å². The number of benzene rings is 8. The molecule has 59 heavy (non-hydrogen) atoms. The summed E-state index contributed by atoms with van der Waals surface area (Å²) in [5.41, 5.74) is 9.28. The fraction of sp³-hybridized carbons (Fsp3) is 0.0204. The molecule has 5 nitrogen and oxygen atoms in total. The van der Waals surface area contributed by atoms with Crippen LogP contribution in [-0.2, 0) is 0 Å². The first-order valence-corrected chi connectivity index (χ1v) is 28.5. The second-order valence-electron chi connectivity index (χ2n) is 15.0. The zero-order valence-corrected chi connectivity index (χ0v) is 37.5. The molecule has 10 heteroatoms. The normalized spacial score (nSPS) is 15.7. The van der Waals surface area contributed by atoms with E-state index in [1.165, 1.54) is 0 Å². The molecule has 4 aliphatic rings. The average molecular weight is 1050 g/mol. The molecule has 0 N–H and O–H groups in total. The van der Waals surface area contributed by atoms with Crippen molar-refractivity contribution in [1.82, 2.24) is 0 Å². The molecule has 8 aromatic rings. The van der Waals surface area contributed by atoms with E-state index in [9.17, 15) is 0 Å². The number of hydrogen-bond acceptors (Lipinski definition) is 5. The van der Waals surface area contributed by atoms with E-state index in [-0.39, 0.29) is 31.6 Å². The number of hydrogen-bond donors (Lipinski definition) is 0. The Hall–Kier alpha value is -5.20. The summed E-state index contributed by atoms with van der Waals surface area (Å²) >= 11 is 21.6.